The van der Waals surface area contributed by atoms with Gasteiger partial charge in [-0.3, -0.25) is 0 Å². The summed E-state index contributed by atoms with van der Waals surface area (Å²) in [5, 5.41) is 4.05. The molecule has 2 N–H and O–H groups in total. The van der Waals surface area contributed by atoms with Crippen LogP contribution >= 0.6 is 24.8 Å². The van der Waals surface area contributed by atoms with Crippen molar-refractivity contribution in [3.8, 4) is 0 Å². The molecule has 0 bridgehead atoms. The van der Waals surface area contributed by atoms with E-state index in [0.717, 1.165) is 12.1 Å². The number of hydrogen-bond donors (Lipinski definition) is 1. The maximum Gasteiger partial charge on any atom is 0.137 e. The van der Waals surface area contributed by atoms with E-state index >= 15 is 0 Å². The molecule has 0 saturated heterocycles. The van der Waals surface area contributed by atoms with Gasteiger partial charge >= 0.3 is 0 Å². The Labute approximate surface area is 107 Å². The molecular weight excluding hydrogens is 247 g/mol. The lowest BCUT2D eigenvalue weighted by Gasteiger charge is -2.06. The summed E-state index contributed by atoms with van der Waals surface area (Å²) in [5.41, 5.74) is 7.98. The number of benzene rings is 1. The lowest BCUT2D eigenvalue weighted by Crippen LogP contribution is -2.06. The van der Waals surface area contributed by atoms with Crippen molar-refractivity contribution in [2.45, 2.75) is 13.1 Å². The standard InChI is InChI=1S/C10H12N4.2ClH/c11-5-9-3-1-2-4-10(9)6-14-8-12-7-13-14;;/h1-4,7-8H,5-6,11H2;2*1H. The van der Waals surface area contributed by atoms with Gasteiger partial charge in [-0.2, -0.15) is 5.10 Å². The number of nitrogens with two attached hydrogens (primary N) is 1. The Hall–Kier alpha value is -1.10. The average molecular weight is 261 g/mol. The molecule has 0 unspecified atom stereocenters. The summed E-state index contributed by atoms with van der Waals surface area (Å²) in [6.45, 7) is 1.29. The quantitative estimate of drug-likeness (QED) is 0.913. The van der Waals surface area contributed by atoms with Crippen LogP contribution in [0.25, 0.3) is 0 Å². The summed E-state index contributed by atoms with van der Waals surface area (Å²) >= 11 is 0. The van der Waals surface area contributed by atoms with E-state index in [1.807, 2.05) is 18.2 Å². The van der Waals surface area contributed by atoms with Crippen LogP contribution in [0.1, 0.15) is 11.1 Å². The average Bonchev–Trinajstić information content (AvgIpc) is 2.71. The number of rotatable bonds is 3. The third-order valence-corrected chi connectivity index (χ3v) is 2.14. The van der Waals surface area contributed by atoms with Gasteiger partial charge in [0.15, 0.2) is 0 Å². The first-order valence-electron chi connectivity index (χ1n) is 4.49. The molecule has 1 heterocycles. The van der Waals surface area contributed by atoms with E-state index in [9.17, 15) is 0 Å². The Balaban J connectivity index is 0.00000112. The van der Waals surface area contributed by atoms with Crippen LogP contribution in [0.3, 0.4) is 0 Å². The van der Waals surface area contributed by atoms with E-state index in [-0.39, 0.29) is 24.8 Å². The Bertz CT molecular complexity index is 403. The number of hydrogen-bond acceptors (Lipinski definition) is 3. The first-order valence-corrected chi connectivity index (χ1v) is 4.49. The summed E-state index contributed by atoms with van der Waals surface area (Å²) in [6.07, 6.45) is 3.23. The van der Waals surface area contributed by atoms with Crippen molar-refractivity contribution in [1.29, 1.82) is 0 Å². The van der Waals surface area contributed by atoms with E-state index in [2.05, 4.69) is 16.1 Å². The highest BCUT2D eigenvalue weighted by atomic mass is 35.5. The molecule has 0 spiro atoms. The molecule has 0 saturated carbocycles. The highest BCUT2D eigenvalue weighted by Gasteiger charge is 2.00. The van der Waals surface area contributed by atoms with Crippen LogP contribution in [0.2, 0.25) is 0 Å². The van der Waals surface area contributed by atoms with E-state index in [1.54, 1.807) is 11.0 Å². The zero-order chi connectivity index (χ0) is 9.80. The van der Waals surface area contributed by atoms with Gasteiger partial charge < -0.3 is 5.73 Å². The topological polar surface area (TPSA) is 56.7 Å². The fourth-order valence-electron chi connectivity index (χ4n) is 1.40. The zero-order valence-corrected chi connectivity index (χ0v) is 10.2. The molecule has 1 aromatic carbocycles. The van der Waals surface area contributed by atoms with E-state index < -0.39 is 0 Å². The molecule has 2 aromatic rings. The normalized spacial score (nSPS) is 9.06. The molecule has 0 aliphatic heterocycles. The van der Waals surface area contributed by atoms with Gasteiger partial charge in [0.25, 0.3) is 0 Å². The number of nitrogens with zero attached hydrogens (tertiary/aromatic N) is 3. The van der Waals surface area contributed by atoms with Gasteiger partial charge in [0.1, 0.15) is 12.7 Å². The van der Waals surface area contributed by atoms with Crippen molar-refractivity contribution < 1.29 is 0 Å². The summed E-state index contributed by atoms with van der Waals surface area (Å²) in [7, 11) is 0. The van der Waals surface area contributed by atoms with Crippen LogP contribution in [-0.4, -0.2) is 14.8 Å². The molecule has 0 fully saturated rings. The minimum absolute atomic E-state index is 0. The second-order valence-electron chi connectivity index (χ2n) is 3.07. The predicted molar refractivity (Wildman–Crippen MR) is 68.0 cm³/mol. The molecule has 0 aliphatic rings. The molecule has 0 radical (unpaired) electrons. The highest BCUT2D eigenvalue weighted by molar-refractivity contribution is 5.85. The molecule has 4 nitrogen and oxygen atoms in total. The van der Waals surface area contributed by atoms with Crippen molar-refractivity contribution in [3.05, 3.63) is 48.0 Å². The monoisotopic (exact) mass is 260 g/mol. The van der Waals surface area contributed by atoms with Gasteiger partial charge in [0, 0.05) is 6.54 Å². The van der Waals surface area contributed by atoms with Crippen LogP contribution in [0, 0.1) is 0 Å². The first-order chi connectivity index (χ1) is 6.90. The number of halogens is 2. The van der Waals surface area contributed by atoms with Crippen LogP contribution in [0.5, 0.6) is 0 Å². The third kappa shape index (κ3) is 3.48. The fraction of sp³-hybridized carbons (Fsp3) is 0.200. The Morgan fingerprint density at radius 1 is 1.12 bits per heavy atom. The highest BCUT2D eigenvalue weighted by Crippen LogP contribution is 2.08. The van der Waals surface area contributed by atoms with Crippen molar-refractivity contribution in [2.24, 2.45) is 5.73 Å². The Morgan fingerprint density at radius 2 is 1.81 bits per heavy atom. The maximum atomic E-state index is 5.63. The largest absolute Gasteiger partial charge is 0.326 e. The smallest absolute Gasteiger partial charge is 0.137 e. The summed E-state index contributed by atoms with van der Waals surface area (Å²) in [4.78, 5) is 3.89. The van der Waals surface area contributed by atoms with Crippen LogP contribution in [0.4, 0.5) is 0 Å². The van der Waals surface area contributed by atoms with Crippen molar-refractivity contribution in [2.75, 3.05) is 0 Å². The van der Waals surface area contributed by atoms with Crippen molar-refractivity contribution in [3.63, 3.8) is 0 Å². The predicted octanol–water partition coefficient (Wildman–Crippen LogP) is 1.63. The molecule has 16 heavy (non-hydrogen) atoms. The minimum atomic E-state index is 0. The fourth-order valence-corrected chi connectivity index (χ4v) is 1.40. The van der Waals surface area contributed by atoms with E-state index in [1.165, 1.54) is 11.9 Å². The number of aromatic nitrogens is 3. The lowest BCUT2D eigenvalue weighted by atomic mass is 10.1. The Morgan fingerprint density at radius 3 is 2.38 bits per heavy atom. The third-order valence-electron chi connectivity index (χ3n) is 2.14. The van der Waals surface area contributed by atoms with Gasteiger partial charge in [-0.05, 0) is 11.1 Å². The SMILES string of the molecule is Cl.Cl.NCc1ccccc1Cn1cncn1. The maximum absolute atomic E-state index is 5.63. The molecule has 0 atom stereocenters. The minimum Gasteiger partial charge on any atom is -0.326 e. The van der Waals surface area contributed by atoms with Crippen molar-refractivity contribution >= 4 is 24.8 Å². The van der Waals surface area contributed by atoms with Crippen LogP contribution < -0.4 is 5.73 Å². The summed E-state index contributed by atoms with van der Waals surface area (Å²) < 4.78 is 1.79. The second kappa shape index (κ2) is 7.22. The lowest BCUT2D eigenvalue weighted by molar-refractivity contribution is 0.679. The Kier molecular flexibility index (Phi) is 6.72. The van der Waals surface area contributed by atoms with E-state index in [0.29, 0.717) is 6.54 Å². The summed E-state index contributed by atoms with van der Waals surface area (Å²) in [6, 6.07) is 8.09. The summed E-state index contributed by atoms with van der Waals surface area (Å²) in [5.74, 6) is 0. The molecule has 2 rings (SSSR count). The molecule has 88 valence electrons. The van der Waals surface area contributed by atoms with Gasteiger partial charge in [-0.15, -0.1) is 24.8 Å². The van der Waals surface area contributed by atoms with Crippen LogP contribution in [-0.2, 0) is 13.1 Å². The van der Waals surface area contributed by atoms with Gasteiger partial charge in [-0.1, -0.05) is 24.3 Å². The molecular formula is C10H14Cl2N4. The van der Waals surface area contributed by atoms with Gasteiger partial charge in [0.2, 0.25) is 0 Å². The molecule has 1 aromatic heterocycles. The second-order valence-corrected chi connectivity index (χ2v) is 3.07. The molecule has 6 heteroatoms. The van der Waals surface area contributed by atoms with Gasteiger partial charge in [-0.25, -0.2) is 9.67 Å². The molecule has 0 aliphatic carbocycles. The van der Waals surface area contributed by atoms with Crippen molar-refractivity contribution in [1.82, 2.24) is 14.8 Å². The molecule has 0 amide bonds. The zero-order valence-electron chi connectivity index (χ0n) is 8.61. The first kappa shape index (κ1) is 14.9. The van der Waals surface area contributed by atoms with Gasteiger partial charge in [0.05, 0.1) is 6.54 Å². The van der Waals surface area contributed by atoms with E-state index in [4.69, 9.17) is 5.73 Å². The van der Waals surface area contributed by atoms with Crippen LogP contribution in [0.15, 0.2) is 36.9 Å².